The van der Waals surface area contributed by atoms with E-state index in [2.05, 4.69) is 62.3 Å². The molecule has 0 saturated carbocycles. The molecule has 0 fully saturated rings. The van der Waals surface area contributed by atoms with Crippen LogP contribution in [0.5, 0.6) is 0 Å². The fraction of sp³-hybridized carbons (Fsp3) is 0.486. The maximum absolute atomic E-state index is 14.6. The van der Waals surface area contributed by atoms with Crippen LogP contribution in [0.2, 0.25) is 30.7 Å². The molecule has 0 radical (unpaired) electrons. The Labute approximate surface area is 286 Å². The molecule has 4 aromatic rings. The molecule has 0 atom stereocenters. The minimum atomic E-state index is -4.21. The Hall–Kier alpha value is -2.96. The maximum atomic E-state index is 14.6. The van der Waals surface area contributed by atoms with Gasteiger partial charge < -0.3 is 18.6 Å². The highest BCUT2D eigenvalue weighted by atomic mass is 35.5. The molecule has 0 aliphatic rings. The van der Waals surface area contributed by atoms with Crippen LogP contribution in [0.3, 0.4) is 0 Å². The van der Waals surface area contributed by atoms with Crippen molar-refractivity contribution in [1.82, 2.24) is 14.7 Å². The van der Waals surface area contributed by atoms with Crippen LogP contribution in [0.25, 0.3) is 11.1 Å². The lowest BCUT2D eigenvalue weighted by molar-refractivity contribution is 0.134. The third-order valence-corrected chi connectivity index (χ3v) is 12.0. The summed E-state index contributed by atoms with van der Waals surface area (Å²) in [5.74, 6) is 1.41. The van der Waals surface area contributed by atoms with Crippen LogP contribution in [0.15, 0.2) is 51.9 Å². The normalized spacial score (nSPS) is 12.2. The Balaban J connectivity index is 1.77. The number of ether oxygens (including phenoxy) is 2. The molecule has 47 heavy (non-hydrogen) atoms. The van der Waals surface area contributed by atoms with Crippen molar-refractivity contribution < 1.29 is 22.4 Å². The van der Waals surface area contributed by atoms with Crippen molar-refractivity contribution in [3.05, 3.63) is 81.6 Å². The number of imidazole rings is 1. The zero-order valence-electron chi connectivity index (χ0n) is 29.0. The standard InChI is InChI=1S/C35H49ClN4O5SSi/c1-9-14-33-37-31(10-2)25(4)39(33)22-27-17-18-29(28(21-27)23-43-11-3)30-15-12-13-16-32(30)46(41,42)40(24-44-19-20-47(6,7)8)35-34(36)26(5)45-38-35/h12-13,15-18,21H,9-11,14,19-20,22-24H2,1-8H3. The topological polar surface area (TPSA) is 99.7 Å². The third kappa shape index (κ3) is 8.74. The highest BCUT2D eigenvalue weighted by Crippen LogP contribution is 2.37. The van der Waals surface area contributed by atoms with Gasteiger partial charge in [0.15, 0.2) is 5.76 Å². The number of benzene rings is 2. The predicted molar refractivity (Wildman–Crippen MR) is 192 cm³/mol. The summed E-state index contributed by atoms with van der Waals surface area (Å²) in [7, 11) is -5.62. The molecule has 2 aromatic carbocycles. The molecule has 0 bridgehead atoms. The van der Waals surface area contributed by atoms with Crippen LogP contribution in [-0.4, -0.2) is 51.1 Å². The second-order valence-electron chi connectivity index (χ2n) is 13.0. The fourth-order valence-electron chi connectivity index (χ4n) is 5.44. The first-order valence-corrected chi connectivity index (χ1v) is 21.9. The van der Waals surface area contributed by atoms with E-state index in [4.69, 9.17) is 30.6 Å². The predicted octanol–water partition coefficient (Wildman–Crippen LogP) is 8.42. The summed E-state index contributed by atoms with van der Waals surface area (Å²) in [6, 6.07) is 14.0. The first-order chi connectivity index (χ1) is 22.3. The molecule has 0 saturated heterocycles. The largest absolute Gasteiger partial charge is 0.377 e. The summed E-state index contributed by atoms with van der Waals surface area (Å²) in [4.78, 5) is 5.03. The third-order valence-electron chi connectivity index (χ3n) is 8.14. The number of aryl methyl sites for hydroxylation is 3. The highest BCUT2D eigenvalue weighted by molar-refractivity contribution is 7.93. The molecule has 0 spiro atoms. The zero-order chi connectivity index (χ0) is 34.4. The van der Waals surface area contributed by atoms with Gasteiger partial charge in [0.1, 0.15) is 17.6 Å². The Bertz CT molecular complexity index is 1760. The van der Waals surface area contributed by atoms with Crippen molar-refractivity contribution in [2.45, 2.75) is 97.6 Å². The zero-order valence-corrected chi connectivity index (χ0v) is 31.6. The quantitative estimate of drug-likeness (QED) is 0.0619. The molecule has 9 nitrogen and oxygen atoms in total. The van der Waals surface area contributed by atoms with Gasteiger partial charge in [-0.3, -0.25) is 0 Å². The Morgan fingerprint density at radius 1 is 1.02 bits per heavy atom. The van der Waals surface area contributed by atoms with Gasteiger partial charge >= 0.3 is 0 Å². The van der Waals surface area contributed by atoms with Crippen LogP contribution < -0.4 is 4.31 Å². The number of sulfonamides is 1. The van der Waals surface area contributed by atoms with E-state index < -0.39 is 18.1 Å². The smallest absolute Gasteiger partial charge is 0.268 e. The first-order valence-electron chi connectivity index (χ1n) is 16.4. The van der Waals surface area contributed by atoms with Gasteiger partial charge in [-0.05, 0) is 62.4 Å². The van der Waals surface area contributed by atoms with E-state index in [9.17, 15) is 8.42 Å². The van der Waals surface area contributed by atoms with E-state index in [1.807, 2.05) is 25.1 Å². The molecule has 0 amide bonds. The SMILES string of the molecule is CCCc1nc(CC)c(C)n1Cc1ccc(-c2ccccc2S(=O)(=O)N(COCC[Si](C)(C)C)c2noc(C)c2Cl)c(COCC)c1. The number of rotatable bonds is 17. The van der Waals surface area contributed by atoms with Gasteiger partial charge in [-0.2, -0.15) is 0 Å². The van der Waals surface area contributed by atoms with Crippen molar-refractivity contribution in [1.29, 1.82) is 0 Å². The lowest BCUT2D eigenvalue weighted by Gasteiger charge is -2.25. The second kappa shape index (κ2) is 16.0. The summed E-state index contributed by atoms with van der Waals surface area (Å²) in [6.45, 7) is 18.4. The molecule has 2 heterocycles. The average Bonchev–Trinajstić information content (AvgIpc) is 3.52. The van der Waals surface area contributed by atoms with Gasteiger partial charge in [-0.15, -0.1) is 0 Å². The average molecular weight is 701 g/mol. The van der Waals surface area contributed by atoms with Gasteiger partial charge in [0.05, 0.1) is 17.2 Å². The molecule has 2 aromatic heterocycles. The van der Waals surface area contributed by atoms with Crippen molar-refractivity contribution >= 4 is 35.5 Å². The molecule has 12 heteroatoms. The number of anilines is 1. The summed E-state index contributed by atoms with van der Waals surface area (Å²) < 4.78 is 49.7. The summed E-state index contributed by atoms with van der Waals surface area (Å²) in [5.41, 5.74) is 5.61. The van der Waals surface area contributed by atoms with Gasteiger partial charge in [-0.25, -0.2) is 17.7 Å². The summed E-state index contributed by atoms with van der Waals surface area (Å²) >= 11 is 6.52. The Kier molecular flexibility index (Phi) is 12.5. The Morgan fingerprint density at radius 2 is 1.77 bits per heavy atom. The number of aromatic nitrogens is 3. The monoisotopic (exact) mass is 700 g/mol. The molecular formula is C35H49ClN4O5SSi. The summed E-state index contributed by atoms with van der Waals surface area (Å²) in [5, 5.41) is 4.15. The van der Waals surface area contributed by atoms with E-state index in [1.54, 1.807) is 19.1 Å². The number of hydrogen-bond acceptors (Lipinski definition) is 7. The van der Waals surface area contributed by atoms with E-state index in [1.165, 1.54) is 5.69 Å². The van der Waals surface area contributed by atoms with Crippen molar-refractivity contribution in [2.24, 2.45) is 0 Å². The van der Waals surface area contributed by atoms with Crippen molar-refractivity contribution in [3.8, 4) is 11.1 Å². The molecule has 0 aliphatic heterocycles. The van der Waals surface area contributed by atoms with E-state index in [0.29, 0.717) is 37.7 Å². The fourth-order valence-corrected chi connectivity index (χ4v) is 7.92. The van der Waals surface area contributed by atoms with E-state index >= 15 is 0 Å². The van der Waals surface area contributed by atoms with Crippen LogP contribution in [-0.2, 0) is 45.5 Å². The number of nitrogens with zero attached hydrogens (tertiary/aromatic N) is 4. The van der Waals surface area contributed by atoms with E-state index in [0.717, 1.165) is 57.8 Å². The van der Waals surface area contributed by atoms with Gasteiger partial charge in [0.2, 0.25) is 5.82 Å². The lowest BCUT2D eigenvalue weighted by Crippen LogP contribution is -2.35. The molecule has 256 valence electrons. The lowest BCUT2D eigenvalue weighted by atomic mass is 9.97. The molecule has 0 aliphatic carbocycles. The molecule has 0 unspecified atom stereocenters. The Morgan fingerprint density at radius 3 is 2.40 bits per heavy atom. The van der Waals surface area contributed by atoms with Gasteiger partial charge in [0, 0.05) is 45.5 Å². The van der Waals surface area contributed by atoms with Gasteiger partial charge in [0.25, 0.3) is 10.0 Å². The number of hydrogen-bond donors (Lipinski definition) is 0. The molecule has 0 N–H and O–H groups in total. The van der Waals surface area contributed by atoms with Crippen LogP contribution >= 0.6 is 11.6 Å². The van der Waals surface area contributed by atoms with E-state index in [-0.39, 0.29) is 22.5 Å². The van der Waals surface area contributed by atoms with Crippen LogP contribution in [0.1, 0.15) is 61.3 Å². The molecule has 4 rings (SSSR count). The maximum Gasteiger partial charge on any atom is 0.268 e. The highest BCUT2D eigenvalue weighted by Gasteiger charge is 2.33. The summed E-state index contributed by atoms with van der Waals surface area (Å²) in [6.07, 6.45) is 2.80. The molecular weight excluding hydrogens is 652 g/mol. The van der Waals surface area contributed by atoms with Crippen molar-refractivity contribution in [2.75, 3.05) is 24.2 Å². The van der Waals surface area contributed by atoms with Crippen molar-refractivity contribution in [3.63, 3.8) is 0 Å². The van der Waals surface area contributed by atoms with Gasteiger partial charge in [-0.1, -0.05) is 86.6 Å². The minimum Gasteiger partial charge on any atom is -0.377 e. The first kappa shape index (κ1) is 36.9. The second-order valence-corrected chi connectivity index (χ2v) is 20.8. The van der Waals surface area contributed by atoms with Crippen LogP contribution in [0, 0.1) is 13.8 Å². The van der Waals surface area contributed by atoms with Crippen LogP contribution in [0.4, 0.5) is 5.82 Å². The minimum absolute atomic E-state index is 0.00175. The number of halogens is 1.